The van der Waals surface area contributed by atoms with Gasteiger partial charge in [-0.15, -0.1) is 0 Å². The van der Waals surface area contributed by atoms with Crippen LogP contribution in [-0.4, -0.2) is 67.0 Å². The zero-order valence-electron chi connectivity index (χ0n) is 21.3. The average molecular weight is 485 g/mol. The first-order valence-electron chi connectivity index (χ1n) is 12.2. The van der Waals surface area contributed by atoms with Gasteiger partial charge in [-0.1, -0.05) is 25.8 Å². The number of aliphatic hydroxyl groups is 1. The molecule has 1 aromatic heterocycles. The van der Waals surface area contributed by atoms with E-state index in [0.29, 0.717) is 49.1 Å². The molecule has 1 atom stereocenters. The second-order valence-electron chi connectivity index (χ2n) is 8.90. The number of aryl methyl sites for hydroxylation is 1. The number of nitrogens with zero attached hydrogens (tertiary/aromatic N) is 2. The molecule has 8 heteroatoms. The summed E-state index contributed by atoms with van der Waals surface area (Å²) in [6.45, 7) is 7.65. The van der Waals surface area contributed by atoms with Gasteiger partial charge in [0.25, 0.3) is 5.91 Å². The number of ether oxygens (including phenoxy) is 2. The number of hydrogen-bond donors (Lipinski definition) is 1. The Morgan fingerprint density at radius 2 is 1.89 bits per heavy atom. The molecule has 1 aliphatic heterocycles. The zero-order chi connectivity index (χ0) is 25.5. The summed E-state index contributed by atoms with van der Waals surface area (Å²) in [5.41, 5.74) is 0.652. The number of aliphatic hydroxyl groups excluding tert-OH is 1. The highest BCUT2D eigenvalue weighted by Gasteiger charge is 2.44. The van der Waals surface area contributed by atoms with E-state index in [1.807, 2.05) is 32.0 Å². The number of furan rings is 1. The first kappa shape index (κ1) is 26.3. The van der Waals surface area contributed by atoms with Crippen molar-refractivity contribution in [1.29, 1.82) is 0 Å². The van der Waals surface area contributed by atoms with Crippen molar-refractivity contribution < 1.29 is 28.6 Å². The predicted octanol–water partition coefficient (Wildman–Crippen LogP) is 4.70. The molecule has 8 nitrogen and oxygen atoms in total. The topological polar surface area (TPSA) is 92.5 Å². The third-order valence-electron chi connectivity index (χ3n) is 5.89. The van der Waals surface area contributed by atoms with Gasteiger partial charge in [0.2, 0.25) is 5.78 Å². The summed E-state index contributed by atoms with van der Waals surface area (Å²) < 4.78 is 17.3. The number of likely N-dealkylation sites (N-methyl/N-ethyl adjacent to an activating group) is 1. The van der Waals surface area contributed by atoms with Crippen molar-refractivity contribution in [3.05, 3.63) is 58.7 Å². The number of Topliss-reactive ketones (excluding diaryl/α,β-unsaturated/α-hetero) is 1. The maximum Gasteiger partial charge on any atom is 0.290 e. The minimum atomic E-state index is -0.784. The van der Waals surface area contributed by atoms with Gasteiger partial charge in [-0.25, -0.2) is 0 Å². The van der Waals surface area contributed by atoms with E-state index in [9.17, 15) is 14.7 Å². The van der Waals surface area contributed by atoms with E-state index in [1.165, 1.54) is 4.90 Å². The number of amides is 1. The lowest BCUT2D eigenvalue weighted by Gasteiger charge is -2.28. The van der Waals surface area contributed by atoms with E-state index >= 15 is 0 Å². The maximum atomic E-state index is 13.4. The number of rotatable bonds is 13. The molecule has 0 saturated carbocycles. The molecular formula is C27H36N2O6. The Morgan fingerprint density at radius 1 is 1.11 bits per heavy atom. The summed E-state index contributed by atoms with van der Waals surface area (Å²) in [5, 5.41) is 10.8. The van der Waals surface area contributed by atoms with Crippen LogP contribution in [0, 0.1) is 6.92 Å². The van der Waals surface area contributed by atoms with Crippen LogP contribution in [0.25, 0.3) is 0 Å². The van der Waals surface area contributed by atoms with Gasteiger partial charge in [0.1, 0.15) is 5.76 Å². The van der Waals surface area contributed by atoms with Gasteiger partial charge in [0.05, 0.1) is 24.8 Å². The number of unbranched alkanes of at least 4 members (excludes halogenated alkanes) is 2. The van der Waals surface area contributed by atoms with Gasteiger partial charge < -0.3 is 28.8 Å². The molecule has 0 spiro atoms. The SMILES string of the molecule is CCCCCOc1ccc(C2C(C(=O)c3ccc(C)o3)=C(O)C(=O)N2CCN(C)C)cc1OCC. The molecule has 1 aromatic carbocycles. The Hall–Kier alpha value is -3.26. The monoisotopic (exact) mass is 484 g/mol. The average Bonchev–Trinajstić information content (AvgIpc) is 3.37. The highest BCUT2D eigenvalue weighted by atomic mass is 16.5. The van der Waals surface area contributed by atoms with Gasteiger partial charge in [0.15, 0.2) is 23.0 Å². The van der Waals surface area contributed by atoms with Crippen LogP contribution in [0.2, 0.25) is 0 Å². The number of ketones is 1. The molecule has 2 heterocycles. The highest BCUT2D eigenvalue weighted by Crippen LogP contribution is 2.41. The van der Waals surface area contributed by atoms with Gasteiger partial charge in [-0.2, -0.15) is 0 Å². The fraction of sp³-hybridized carbons (Fsp3) is 0.481. The molecule has 1 N–H and O–H groups in total. The van der Waals surface area contributed by atoms with E-state index in [1.54, 1.807) is 31.2 Å². The molecule has 1 unspecified atom stereocenters. The molecule has 0 aliphatic carbocycles. The van der Waals surface area contributed by atoms with Crippen LogP contribution in [0.5, 0.6) is 11.5 Å². The molecule has 35 heavy (non-hydrogen) atoms. The third kappa shape index (κ3) is 6.06. The minimum absolute atomic E-state index is 0.00201. The molecular weight excluding hydrogens is 448 g/mol. The number of carbonyl (C=O) groups excluding carboxylic acids is 2. The first-order valence-corrected chi connectivity index (χ1v) is 12.2. The standard InChI is InChI=1S/C27H36N2O6/c1-6-8-9-16-34-20-13-11-19(17-22(20)33-7-2)24-23(25(30)21-12-10-18(3)35-21)26(31)27(32)29(24)15-14-28(4)5/h10-13,17,24,31H,6-9,14-16H2,1-5H3. The fourth-order valence-corrected chi connectivity index (χ4v) is 4.08. The van der Waals surface area contributed by atoms with Crippen molar-refractivity contribution in [3.8, 4) is 11.5 Å². The van der Waals surface area contributed by atoms with Crippen molar-refractivity contribution in [2.24, 2.45) is 0 Å². The van der Waals surface area contributed by atoms with Crippen molar-refractivity contribution >= 4 is 11.7 Å². The maximum absolute atomic E-state index is 13.4. The Balaban J connectivity index is 2.02. The van der Waals surface area contributed by atoms with Crippen molar-refractivity contribution in [1.82, 2.24) is 9.80 Å². The van der Waals surface area contributed by atoms with Crippen LogP contribution in [0.1, 0.15) is 61.0 Å². The largest absolute Gasteiger partial charge is 0.503 e. The van der Waals surface area contributed by atoms with E-state index in [0.717, 1.165) is 19.3 Å². The Morgan fingerprint density at radius 3 is 2.51 bits per heavy atom. The second kappa shape index (κ2) is 11.9. The second-order valence-corrected chi connectivity index (χ2v) is 8.90. The first-order chi connectivity index (χ1) is 16.8. The Labute approximate surface area is 207 Å². The van der Waals surface area contributed by atoms with Crippen LogP contribution in [0.3, 0.4) is 0 Å². The molecule has 1 aliphatic rings. The molecule has 190 valence electrons. The Kier molecular flexibility index (Phi) is 8.98. The predicted molar refractivity (Wildman–Crippen MR) is 133 cm³/mol. The van der Waals surface area contributed by atoms with Gasteiger partial charge >= 0.3 is 0 Å². The lowest BCUT2D eigenvalue weighted by Crippen LogP contribution is -2.36. The van der Waals surface area contributed by atoms with Crippen LogP contribution in [0.15, 0.2) is 46.1 Å². The van der Waals surface area contributed by atoms with Crippen LogP contribution >= 0.6 is 0 Å². The zero-order valence-corrected chi connectivity index (χ0v) is 21.3. The Bertz CT molecular complexity index is 1070. The fourth-order valence-electron chi connectivity index (χ4n) is 4.08. The van der Waals surface area contributed by atoms with Crippen LogP contribution in [-0.2, 0) is 4.79 Å². The summed E-state index contributed by atoms with van der Waals surface area (Å²) in [5.74, 6) is 0.150. The molecule has 0 radical (unpaired) electrons. The normalized spacial score (nSPS) is 15.9. The van der Waals surface area contributed by atoms with Gasteiger partial charge in [0, 0.05) is 13.1 Å². The quantitative estimate of drug-likeness (QED) is 0.326. The molecule has 0 fully saturated rings. The number of carbonyl (C=O) groups is 2. The smallest absolute Gasteiger partial charge is 0.290 e. The minimum Gasteiger partial charge on any atom is -0.503 e. The van der Waals surface area contributed by atoms with Crippen molar-refractivity contribution in [3.63, 3.8) is 0 Å². The molecule has 3 rings (SSSR count). The molecule has 0 saturated heterocycles. The van der Waals surface area contributed by atoms with E-state index in [2.05, 4.69) is 6.92 Å². The molecule has 2 aromatic rings. The van der Waals surface area contributed by atoms with E-state index in [4.69, 9.17) is 13.9 Å². The summed E-state index contributed by atoms with van der Waals surface area (Å²) in [7, 11) is 3.80. The van der Waals surface area contributed by atoms with E-state index in [-0.39, 0.29) is 11.3 Å². The number of hydrogen-bond acceptors (Lipinski definition) is 7. The van der Waals surface area contributed by atoms with Crippen molar-refractivity contribution in [2.45, 2.75) is 46.1 Å². The summed E-state index contributed by atoms with van der Waals surface area (Å²) in [6, 6.07) is 7.86. The van der Waals surface area contributed by atoms with Gasteiger partial charge in [-0.3, -0.25) is 9.59 Å². The van der Waals surface area contributed by atoms with Crippen LogP contribution in [0.4, 0.5) is 0 Å². The lowest BCUT2D eigenvalue weighted by molar-refractivity contribution is -0.129. The summed E-state index contributed by atoms with van der Waals surface area (Å²) in [6.07, 6.45) is 3.12. The summed E-state index contributed by atoms with van der Waals surface area (Å²) in [4.78, 5) is 30.0. The van der Waals surface area contributed by atoms with E-state index < -0.39 is 23.5 Å². The van der Waals surface area contributed by atoms with Crippen molar-refractivity contribution in [2.75, 3.05) is 40.4 Å². The molecule has 1 amide bonds. The molecule has 0 bridgehead atoms. The highest BCUT2D eigenvalue weighted by molar-refractivity contribution is 6.15. The van der Waals surface area contributed by atoms with Gasteiger partial charge in [-0.05, 0) is 64.2 Å². The lowest BCUT2D eigenvalue weighted by atomic mass is 9.94. The number of benzene rings is 1. The summed E-state index contributed by atoms with van der Waals surface area (Å²) >= 11 is 0. The third-order valence-corrected chi connectivity index (χ3v) is 5.89. The van der Waals surface area contributed by atoms with Crippen LogP contribution < -0.4 is 9.47 Å².